The molecule has 0 bridgehead atoms. The summed E-state index contributed by atoms with van der Waals surface area (Å²) in [6.07, 6.45) is 3.32. The van der Waals surface area contributed by atoms with Crippen LogP contribution in [0.5, 0.6) is 0 Å². The largest absolute Gasteiger partial charge is 0.385 e. The van der Waals surface area contributed by atoms with Crippen LogP contribution >= 0.6 is 0 Å². The summed E-state index contributed by atoms with van der Waals surface area (Å²) < 4.78 is 5.41. The first-order valence-electron chi connectivity index (χ1n) is 7.49. The summed E-state index contributed by atoms with van der Waals surface area (Å²) in [5.74, 6) is 0.454. The van der Waals surface area contributed by atoms with Crippen molar-refractivity contribution >= 4 is 11.6 Å². The lowest BCUT2D eigenvalue weighted by Crippen LogP contribution is -2.33. The fourth-order valence-electron chi connectivity index (χ4n) is 2.32. The van der Waals surface area contributed by atoms with Crippen molar-refractivity contribution in [3.8, 4) is 0 Å². The Kier molecular flexibility index (Phi) is 5.87. The molecule has 110 valence electrons. The van der Waals surface area contributed by atoms with Crippen LogP contribution in [0.2, 0.25) is 0 Å². The van der Waals surface area contributed by atoms with Crippen molar-refractivity contribution < 1.29 is 9.53 Å². The molecule has 1 aromatic rings. The second-order valence-corrected chi connectivity index (χ2v) is 5.30. The van der Waals surface area contributed by atoms with E-state index in [2.05, 4.69) is 17.6 Å². The molecule has 1 aliphatic rings. The van der Waals surface area contributed by atoms with Crippen LogP contribution in [0, 0.1) is 5.92 Å². The molecule has 1 atom stereocenters. The average Bonchev–Trinajstić information content (AvgIpc) is 2.52. The van der Waals surface area contributed by atoms with Crippen LogP contribution in [0.3, 0.4) is 0 Å². The van der Waals surface area contributed by atoms with Crippen LogP contribution in [0.4, 0.5) is 5.69 Å². The van der Waals surface area contributed by atoms with Gasteiger partial charge in [0, 0.05) is 30.9 Å². The molecule has 2 N–H and O–H groups in total. The van der Waals surface area contributed by atoms with Gasteiger partial charge in [-0.05, 0) is 49.4 Å². The third kappa shape index (κ3) is 4.53. The monoisotopic (exact) mass is 276 g/mol. The summed E-state index contributed by atoms with van der Waals surface area (Å²) in [4.78, 5) is 12.0. The molecule has 1 unspecified atom stereocenters. The molecule has 1 fully saturated rings. The summed E-state index contributed by atoms with van der Waals surface area (Å²) in [6, 6.07) is 7.64. The standard InChI is InChI=1S/C16H24N2O2/c1-2-9-17-15-7-5-14(6-8-15)16(19)18-11-13-4-3-10-20-12-13/h5-8,13,17H,2-4,9-12H2,1H3,(H,18,19). The molecular weight excluding hydrogens is 252 g/mol. The molecule has 1 aliphatic heterocycles. The molecule has 1 heterocycles. The van der Waals surface area contributed by atoms with Crippen LogP contribution < -0.4 is 10.6 Å². The summed E-state index contributed by atoms with van der Waals surface area (Å²) in [5, 5.41) is 6.29. The Morgan fingerprint density at radius 3 is 2.80 bits per heavy atom. The van der Waals surface area contributed by atoms with Crippen LogP contribution in [-0.2, 0) is 4.74 Å². The van der Waals surface area contributed by atoms with Gasteiger partial charge in [-0.2, -0.15) is 0 Å². The van der Waals surface area contributed by atoms with Crippen molar-refractivity contribution in [3.05, 3.63) is 29.8 Å². The van der Waals surface area contributed by atoms with Gasteiger partial charge in [-0.15, -0.1) is 0 Å². The van der Waals surface area contributed by atoms with E-state index in [1.165, 1.54) is 0 Å². The molecular formula is C16H24N2O2. The number of ether oxygens (including phenoxy) is 1. The highest BCUT2D eigenvalue weighted by molar-refractivity contribution is 5.94. The van der Waals surface area contributed by atoms with E-state index in [1.54, 1.807) is 0 Å². The SMILES string of the molecule is CCCNc1ccc(C(=O)NCC2CCCOC2)cc1. The number of rotatable bonds is 6. The van der Waals surface area contributed by atoms with Crippen molar-refractivity contribution in [2.24, 2.45) is 5.92 Å². The van der Waals surface area contributed by atoms with Gasteiger partial charge in [-0.25, -0.2) is 0 Å². The third-order valence-electron chi connectivity index (χ3n) is 3.53. The first-order chi connectivity index (χ1) is 9.79. The van der Waals surface area contributed by atoms with E-state index in [0.717, 1.165) is 44.7 Å². The quantitative estimate of drug-likeness (QED) is 0.840. The van der Waals surface area contributed by atoms with Gasteiger partial charge in [0.2, 0.25) is 0 Å². The second-order valence-electron chi connectivity index (χ2n) is 5.30. The van der Waals surface area contributed by atoms with Gasteiger partial charge < -0.3 is 15.4 Å². The van der Waals surface area contributed by atoms with Crippen molar-refractivity contribution in [2.75, 3.05) is 31.6 Å². The van der Waals surface area contributed by atoms with Crippen LogP contribution in [0.1, 0.15) is 36.5 Å². The van der Waals surface area contributed by atoms with E-state index < -0.39 is 0 Å². The van der Waals surface area contributed by atoms with Crippen LogP contribution in [-0.4, -0.2) is 32.2 Å². The molecule has 2 rings (SSSR count). The molecule has 20 heavy (non-hydrogen) atoms. The number of carbonyl (C=O) groups excluding carboxylic acids is 1. The fourth-order valence-corrected chi connectivity index (χ4v) is 2.32. The Labute approximate surface area is 120 Å². The minimum atomic E-state index is -0.00221. The zero-order chi connectivity index (χ0) is 14.2. The number of benzene rings is 1. The fraction of sp³-hybridized carbons (Fsp3) is 0.562. The molecule has 0 spiro atoms. The molecule has 0 aliphatic carbocycles. The van der Waals surface area contributed by atoms with E-state index in [-0.39, 0.29) is 5.91 Å². The average molecular weight is 276 g/mol. The van der Waals surface area contributed by atoms with Crippen molar-refractivity contribution in [3.63, 3.8) is 0 Å². The summed E-state index contributed by atoms with van der Waals surface area (Å²) in [6.45, 7) is 5.41. The number of hydrogen-bond acceptors (Lipinski definition) is 3. The van der Waals surface area contributed by atoms with Gasteiger partial charge in [0.25, 0.3) is 5.91 Å². The predicted octanol–water partition coefficient (Wildman–Crippen LogP) is 2.66. The minimum absolute atomic E-state index is 0.00221. The number of carbonyl (C=O) groups is 1. The van der Waals surface area contributed by atoms with Gasteiger partial charge in [0.05, 0.1) is 6.61 Å². The normalized spacial score (nSPS) is 18.6. The lowest BCUT2D eigenvalue weighted by atomic mass is 10.0. The van der Waals surface area contributed by atoms with Crippen LogP contribution in [0.15, 0.2) is 24.3 Å². The Morgan fingerprint density at radius 2 is 2.15 bits per heavy atom. The molecule has 1 aromatic carbocycles. The Hall–Kier alpha value is -1.55. The van der Waals surface area contributed by atoms with E-state index in [0.29, 0.717) is 18.0 Å². The number of nitrogens with one attached hydrogen (secondary N) is 2. The highest BCUT2D eigenvalue weighted by Gasteiger charge is 2.15. The summed E-state index contributed by atoms with van der Waals surface area (Å²) in [5.41, 5.74) is 1.77. The van der Waals surface area contributed by atoms with Crippen molar-refractivity contribution in [1.82, 2.24) is 5.32 Å². The van der Waals surface area contributed by atoms with Gasteiger partial charge >= 0.3 is 0 Å². The predicted molar refractivity (Wildman–Crippen MR) is 81.1 cm³/mol. The number of anilines is 1. The molecule has 0 radical (unpaired) electrons. The third-order valence-corrected chi connectivity index (χ3v) is 3.53. The first-order valence-corrected chi connectivity index (χ1v) is 7.49. The maximum absolute atomic E-state index is 12.0. The summed E-state index contributed by atoms with van der Waals surface area (Å²) in [7, 11) is 0. The second kappa shape index (κ2) is 7.90. The van der Waals surface area contributed by atoms with E-state index in [9.17, 15) is 4.79 Å². The number of hydrogen-bond donors (Lipinski definition) is 2. The highest BCUT2D eigenvalue weighted by Crippen LogP contribution is 2.13. The minimum Gasteiger partial charge on any atom is -0.385 e. The lowest BCUT2D eigenvalue weighted by Gasteiger charge is -2.22. The van der Waals surface area contributed by atoms with Crippen LogP contribution in [0.25, 0.3) is 0 Å². The lowest BCUT2D eigenvalue weighted by molar-refractivity contribution is 0.0536. The summed E-state index contributed by atoms with van der Waals surface area (Å²) >= 11 is 0. The van der Waals surface area contributed by atoms with Gasteiger partial charge in [-0.3, -0.25) is 4.79 Å². The van der Waals surface area contributed by atoms with Gasteiger partial charge in [0.15, 0.2) is 0 Å². The Morgan fingerprint density at radius 1 is 1.35 bits per heavy atom. The van der Waals surface area contributed by atoms with E-state index >= 15 is 0 Å². The van der Waals surface area contributed by atoms with Gasteiger partial charge in [0.1, 0.15) is 0 Å². The molecule has 1 saturated heterocycles. The van der Waals surface area contributed by atoms with Crippen molar-refractivity contribution in [1.29, 1.82) is 0 Å². The zero-order valence-corrected chi connectivity index (χ0v) is 12.2. The van der Waals surface area contributed by atoms with Gasteiger partial charge in [-0.1, -0.05) is 6.92 Å². The van der Waals surface area contributed by atoms with E-state index in [1.807, 2.05) is 24.3 Å². The maximum atomic E-state index is 12.0. The Bertz CT molecular complexity index is 411. The smallest absolute Gasteiger partial charge is 0.251 e. The van der Waals surface area contributed by atoms with Crippen molar-refractivity contribution in [2.45, 2.75) is 26.2 Å². The first kappa shape index (κ1) is 14.9. The van der Waals surface area contributed by atoms with E-state index in [4.69, 9.17) is 4.74 Å². The molecule has 4 nitrogen and oxygen atoms in total. The topological polar surface area (TPSA) is 50.4 Å². The zero-order valence-electron chi connectivity index (χ0n) is 12.2. The number of amides is 1. The maximum Gasteiger partial charge on any atom is 0.251 e. The Balaban J connectivity index is 1.79. The molecule has 1 amide bonds. The highest BCUT2D eigenvalue weighted by atomic mass is 16.5. The molecule has 4 heteroatoms. The molecule has 0 aromatic heterocycles. The molecule has 0 saturated carbocycles.